The predicted molar refractivity (Wildman–Crippen MR) is 97.4 cm³/mol. The molecule has 0 saturated carbocycles. The molecule has 0 spiro atoms. The number of ether oxygens (including phenoxy) is 3. The lowest BCUT2D eigenvalue weighted by Gasteiger charge is -2.35. The second kappa shape index (κ2) is 6.53. The van der Waals surface area contributed by atoms with Crippen LogP contribution in [0.1, 0.15) is 59.6 Å². The molecule has 2 saturated heterocycles. The molecule has 8 heteroatoms. The summed E-state index contributed by atoms with van der Waals surface area (Å²) in [5, 5.41) is 10.4. The largest absolute Gasteiger partial charge is 0.494 e. The Morgan fingerprint density at radius 3 is 2.48 bits per heavy atom. The fourth-order valence-corrected chi connectivity index (χ4v) is 3.91. The van der Waals surface area contributed by atoms with Gasteiger partial charge in [0.05, 0.1) is 12.1 Å². The number of carbonyl (C=O) groups excluding carboxylic acids is 1. The Labute approximate surface area is 158 Å². The highest BCUT2D eigenvalue weighted by Crippen LogP contribution is 2.49. The van der Waals surface area contributed by atoms with Crippen molar-refractivity contribution in [1.82, 2.24) is 9.88 Å². The fourth-order valence-electron chi connectivity index (χ4n) is 3.91. The van der Waals surface area contributed by atoms with Crippen LogP contribution >= 0.6 is 0 Å². The first-order chi connectivity index (χ1) is 12.4. The molecule has 3 rings (SSSR count). The summed E-state index contributed by atoms with van der Waals surface area (Å²) in [6, 6.07) is 1.90. The number of aromatic nitrogens is 1. The van der Waals surface area contributed by atoms with Crippen LogP contribution in [0.25, 0.3) is 0 Å². The van der Waals surface area contributed by atoms with Gasteiger partial charge in [0.2, 0.25) is 0 Å². The molecule has 0 radical (unpaired) electrons. The lowest BCUT2D eigenvalue weighted by atomic mass is 10.0. The van der Waals surface area contributed by atoms with E-state index in [-0.39, 0.29) is 18.0 Å². The van der Waals surface area contributed by atoms with Gasteiger partial charge in [0.15, 0.2) is 11.7 Å². The molecule has 2 aliphatic rings. The predicted octanol–water partition coefficient (Wildman–Crippen LogP) is 2.67. The minimum atomic E-state index is -0.807. The SMILES string of the molecule is CC[C@@H]1[C@H]2OC(C)(C)O[C@H]2C(c2ccc(=O)[nH]c2O)N1C(=O)OC(C)(C)C. The van der Waals surface area contributed by atoms with Gasteiger partial charge >= 0.3 is 6.09 Å². The van der Waals surface area contributed by atoms with Crippen LogP contribution in [-0.2, 0) is 14.2 Å². The van der Waals surface area contributed by atoms with Crippen LogP contribution in [0.4, 0.5) is 4.79 Å². The van der Waals surface area contributed by atoms with Gasteiger partial charge in [0.1, 0.15) is 17.8 Å². The number of pyridine rings is 1. The van der Waals surface area contributed by atoms with E-state index in [1.165, 1.54) is 12.1 Å². The number of fused-ring (bicyclic) bond motifs is 1. The molecule has 3 heterocycles. The molecule has 1 aromatic rings. The second-order valence-corrected chi connectivity index (χ2v) is 8.50. The average Bonchev–Trinajstić information content (AvgIpc) is 2.96. The zero-order valence-electron chi connectivity index (χ0n) is 16.6. The van der Waals surface area contributed by atoms with Crippen LogP contribution in [0.3, 0.4) is 0 Å². The summed E-state index contributed by atoms with van der Waals surface area (Å²) in [5.41, 5.74) is -0.704. The van der Waals surface area contributed by atoms with Crippen molar-refractivity contribution in [2.45, 2.75) is 83.6 Å². The van der Waals surface area contributed by atoms with Gasteiger partial charge in [-0.3, -0.25) is 14.7 Å². The van der Waals surface area contributed by atoms with E-state index < -0.39 is 35.2 Å². The van der Waals surface area contributed by atoms with Gasteiger partial charge in [-0.05, 0) is 47.1 Å². The quantitative estimate of drug-likeness (QED) is 0.818. The number of hydrogen-bond acceptors (Lipinski definition) is 6. The number of nitrogens with zero attached hydrogens (tertiary/aromatic N) is 1. The highest BCUT2D eigenvalue weighted by atomic mass is 16.8. The van der Waals surface area contributed by atoms with Gasteiger partial charge in [-0.15, -0.1) is 0 Å². The summed E-state index contributed by atoms with van der Waals surface area (Å²) in [6.45, 7) is 11.0. The molecule has 8 nitrogen and oxygen atoms in total. The number of rotatable bonds is 2. The summed E-state index contributed by atoms with van der Waals surface area (Å²) in [6.07, 6.45) is -0.743. The van der Waals surface area contributed by atoms with E-state index >= 15 is 0 Å². The lowest BCUT2D eigenvalue weighted by molar-refractivity contribution is -0.167. The maximum atomic E-state index is 13.0. The Morgan fingerprint density at radius 2 is 1.93 bits per heavy atom. The molecule has 2 aliphatic heterocycles. The standard InChI is InChI=1S/C19H28N2O6/c1-7-11-14-15(26-19(5,6)25-14)13(10-8-9-12(22)20-16(10)23)21(11)17(24)27-18(2,3)4/h8-9,11,13-15H,7H2,1-6H3,(H2,20,22,23)/t11-,13?,14-,15+/m1/s1. The Hall–Kier alpha value is -2.06. The fraction of sp³-hybridized carbons (Fsp3) is 0.684. The van der Waals surface area contributed by atoms with E-state index in [2.05, 4.69) is 4.98 Å². The third-order valence-corrected chi connectivity index (χ3v) is 4.78. The normalized spacial score (nSPS) is 29.6. The maximum absolute atomic E-state index is 13.0. The Morgan fingerprint density at radius 1 is 1.30 bits per heavy atom. The molecule has 150 valence electrons. The van der Waals surface area contributed by atoms with Crippen LogP contribution in [-0.4, -0.2) is 50.7 Å². The van der Waals surface area contributed by atoms with Gasteiger partial charge in [-0.25, -0.2) is 4.79 Å². The smallest absolute Gasteiger partial charge is 0.411 e. The van der Waals surface area contributed by atoms with Crippen LogP contribution < -0.4 is 5.56 Å². The maximum Gasteiger partial charge on any atom is 0.411 e. The zero-order chi connectivity index (χ0) is 20.1. The summed E-state index contributed by atoms with van der Waals surface area (Å²) in [4.78, 5) is 28.5. The van der Waals surface area contributed by atoms with Crippen molar-refractivity contribution in [3.8, 4) is 5.88 Å². The third-order valence-electron chi connectivity index (χ3n) is 4.78. The molecule has 1 amide bonds. The first-order valence-corrected chi connectivity index (χ1v) is 9.22. The van der Waals surface area contributed by atoms with E-state index in [9.17, 15) is 14.7 Å². The van der Waals surface area contributed by atoms with Crippen molar-refractivity contribution in [3.05, 3.63) is 28.0 Å². The highest BCUT2D eigenvalue weighted by Gasteiger charge is 2.60. The molecule has 1 unspecified atom stereocenters. The number of hydrogen-bond donors (Lipinski definition) is 2. The molecule has 1 aromatic heterocycles. The van der Waals surface area contributed by atoms with Gasteiger partial charge in [-0.1, -0.05) is 6.92 Å². The topological polar surface area (TPSA) is 101 Å². The zero-order valence-corrected chi connectivity index (χ0v) is 16.6. The molecule has 0 aromatic carbocycles. The van der Waals surface area contributed by atoms with E-state index in [0.29, 0.717) is 12.0 Å². The summed E-state index contributed by atoms with van der Waals surface area (Å²) < 4.78 is 17.8. The minimum absolute atomic E-state index is 0.287. The van der Waals surface area contributed by atoms with Crippen LogP contribution in [0.15, 0.2) is 16.9 Å². The average molecular weight is 380 g/mol. The van der Waals surface area contributed by atoms with Crippen molar-refractivity contribution in [2.24, 2.45) is 0 Å². The van der Waals surface area contributed by atoms with Crippen molar-refractivity contribution >= 4 is 6.09 Å². The van der Waals surface area contributed by atoms with Crippen LogP contribution in [0.2, 0.25) is 0 Å². The molecule has 2 N–H and O–H groups in total. The van der Waals surface area contributed by atoms with Gasteiger partial charge < -0.3 is 19.3 Å². The number of H-pyrrole nitrogens is 1. The van der Waals surface area contributed by atoms with E-state index in [1.807, 2.05) is 20.8 Å². The third kappa shape index (κ3) is 3.68. The van der Waals surface area contributed by atoms with E-state index in [1.54, 1.807) is 25.7 Å². The van der Waals surface area contributed by atoms with E-state index in [0.717, 1.165) is 0 Å². The first-order valence-electron chi connectivity index (χ1n) is 9.22. The van der Waals surface area contributed by atoms with E-state index in [4.69, 9.17) is 14.2 Å². The van der Waals surface area contributed by atoms with Crippen LogP contribution in [0, 0.1) is 0 Å². The van der Waals surface area contributed by atoms with Crippen molar-refractivity contribution in [2.75, 3.05) is 0 Å². The molecule has 0 aliphatic carbocycles. The van der Waals surface area contributed by atoms with Gasteiger partial charge in [-0.2, -0.15) is 0 Å². The summed E-state index contributed by atoms with van der Waals surface area (Å²) >= 11 is 0. The minimum Gasteiger partial charge on any atom is -0.494 e. The molecule has 0 bridgehead atoms. The van der Waals surface area contributed by atoms with Crippen molar-refractivity contribution in [3.63, 3.8) is 0 Å². The van der Waals surface area contributed by atoms with Gasteiger partial charge in [0.25, 0.3) is 5.56 Å². The number of amides is 1. The van der Waals surface area contributed by atoms with Gasteiger partial charge in [0, 0.05) is 11.6 Å². The summed E-state index contributed by atoms with van der Waals surface area (Å²) in [7, 11) is 0. The highest BCUT2D eigenvalue weighted by molar-refractivity contribution is 5.70. The Kier molecular flexibility index (Phi) is 4.76. The Balaban J connectivity index is 2.08. The summed E-state index contributed by atoms with van der Waals surface area (Å²) in [5.74, 6) is -1.09. The first kappa shape index (κ1) is 19.7. The number of aromatic amines is 1. The van der Waals surface area contributed by atoms with Crippen LogP contribution in [0.5, 0.6) is 5.88 Å². The number of likely N-dealkylation sites (tertiary alicyclic amines) is 1. The van der Waals surface area contributed by atoms with Crippen molar-refractivity contribution in [1.29, 1.82) is 0 Å². The second-order valence-electron chi connectivity index (χ2n) is 8.50. The molecular formula is C19H28N2O6. The number of carbonyl (C=O) groups is 1. The van der Waals surface area contributed by atoms with Crippen molar-refractivity contribution < 1.29 is 24.1 Å². The molecule has 27 heavy (non-hydrogen) atoms. The molecule has 4 atom stereocenters. The lowest BCUT2D eigenvalue weighted by Crippen LogP contribution is -2.45. The molecule has 2 fully saturated rings. The Bertz CT molecular complexity index is 781. The monoisotopic (exact) mass is 380 g/mol. The number of aromatic hydroxyl groups is 1. The molecular weight excluding hydrogens is 352 g/mol. The number of nitrogens with one attached hydrogen (secondary N) is 1.